The third-order valence-electron chi connectivity index (χ3n) is 7.89. The van der Waals surface area contributed by atoms with E-state index in [1.165, 1.54) is 18.2 Å². The number of amidine groups is 1. The highest BCUT2D eigenvalue weighted by atomic mass is 35.5. The van der Waals surface area contributed by atoms with Crippen molar-refractivity contribution in [2.75, 3.05) is 32.5 Å². The number of aromatic nitrogens is 2. The van der Waals surface area contributed by atoms with E-state index in [1.54, 1.807) is 24.4 Å². The molecule has 6 rings (SSSR count). The average molecular weight is 602 g/mol. The second-order valence-corrected chi connectivity index (χ2v) is 11.2. The largest absolute Gasteiger partial charge is 0.356 e. The molecule has 0 unspecified atom stereocenters. The zero-order valence-corrected chi connectivity index (χ0v) is 24.1. The Balaban J connectivity index is 0.00000368. The summed E-state index contributed by atoms with van der Waals surface area (Å²) in [6.07, 6.45) is 3.76. The van der Waals surface area contributed by atoms with Crippen molar-refractivity contribution in [3.05, 3.63) is 106 Å². The lowest BCUT2D eigenvalue weighted by molar-refractivity contribution is 0.191. The number of anilines is 2. The summed E-state index contributed by atoms with van der Waals surface area (Å²) < 4.78 is 29.6. The van der Waals surface area contributed by atoms with Crippen molar-refractivity contribution in [1.82, 2.24) is 19.8 Å². The van der Waals surface area contributed by atoms with Gasteiger partial charge < -0.3 is 15.1 Å². The normalized spacial score (nSPS) is 14.7. The van der Waals surface area contributed by atoms with Gasteiger partial charge in [-0.15, -0.1) is 0 Å². The summed E-state index contributed by atoms with van der Waals surface area (Å²) >= 11 is 6.32. The van der Waals surface area contributed by atoms with E-state index in [-0.39, 0.29) is 25.2 Å². The highest BCUT2D eigenvalue weighted by molar-refractivity contribution is 6.31. The monoisotopic (exact) mass is 601 g/mol. The molecule has 1 aromatic heterocycles. The van der Waals surface area contributed by atoms with E-state index in [4.69, 9.17) is 22.0 Å². The summed E-state index contributed by atoms with van der Waals surface area (Å²) in [6.45, 7) is 1.88. The minimum atomic E-state index is -0.700. The minimum absolute atomic E-state index is 0. The van der Waals surface area contributed by atoms with Gasteiger partial charge in [-0.1, -0.05) is 31.2 Å². The van der Waals surface area contributed by atoms with Gasteiger partial charge in [0.15, 0.2) is 0 Å². The van der Waals surface area contributed by atoms with E-state index in [9.17, 15) is 8.78 Å². The fourth-order valence-electron chi connectivity index (χ4n) is 5.55. The molecular weight excluding hydrogens is 568 g/mol. The summed E-state index contributed by atoms with van der Waals surface area (Å²) in [5, 5.41) is 12.4. The number of nitrogens with one attached hydrogen (secondary N) is 2. The Hall–Kier alpha value is -4.21. The lowest BCUT2D eigenvalue weighted by atomic mass is 9.95. The van der Waals surface area contributed by atoms with Gasteiger partial charge in [0.2, 0.25) is 5.95 Å². The van der Waals surface area contributed by atoms with Crippen LogP contribution in [0.15, 0.2) is 71.9 Å². The third-order valence-corrected chi connectivity index (χ3v) is 8.12. The fraction of sp³-hybridized carbons (Fsp3) is 0.273. The number of nitrogens with zero attached hydrogens (tertiary/aromatic N) is 5. The van der Waals surface area contributed by atoms with Crippen molar-refractivity contribution in [3.63, 3.8) is 0 Å². The highest BCUT2D eigenvalue weighted by Crippen LogP contribution is 2.35. The van der Waals surface area contributed by atoms with Gasteiger partial charge in [0, 0.05) is 58.3 Å². The van der Waals surface area contributed by atoms with Crippen LogP contribution in [0.4, 0.5) is 20.4 Å². The van der Waals surface area contributed by atoms with Crippen molar-refractivity contribution in [1.29, 1.82) is 5.41 Å². The fourth-order valence-corrected chi connectivity index (χ4v) is 5.72. The molecule has 2 aliphatic heterocycles. The van der Waals surface area contributed by atoms with Crippen LogP contribution in [0.25, 0.3) is 11.3 Å². The van der Waals surface area contributed by atoms with Gasteiger partial charge in [0.05, 0.1) is 23.5 Å². The molecule has 0 radical (unpaired) electrons. The molecule has 2 aliphatic rings. The van der Waals surface area contributed by atoms with E-state index in [2.05, 4.69) is 39.2 Å². The van der Waals surface area contributed by atoms with E-state index >= 15 is 0 Å². The van der Waals surface area contributed by atoms with Crippen molar-refractivity contribution in [3.8, 4) is 11.3 Å². The summed E-state index contributed by atoms with van der Waals surface area (Å²) in [7, 11) is 4.22. The van der Waals surface area contributed by atoms with E-state index in [0.717, 1.165) is 42.7 Å². The predicted molar refractivity (Wildman–Crippen MR) is 170 cm³/mol. The van der Waals surface area contributed by atoms with Gasteiger partial charge in [0.1, 0.15) is 17.5 Å². The van der Waals surface area contributed by atoms with E-state index in [0.29, 0.717) is 39.7 Å². The van der Waals surface area contributed by atoms with Gasteiger partial charge in [-0.25, -0.2) is 18.7 Å². The lowest BCUT2D eigenvalue weighted by Gasteiger charge is -2.36. The van der Waals surface area contributed by atoms with Crippen molar-refractivity contribution >= 4 is 34.8 Å². The van der Waals surface area contributed by atoms with Gasteiger partial charge in [-0.3, -0.25) is 10.4 Å². The Kier molecular flexibility index (Phi) is 8.84. The van der Waals surface area contributed by atoms with Crippen LogP contribution in [0.5, 0.6) is 0 Å². The zero-order chi connectivity index (χ0) is 29.4. The number of likely N-dealkylation sites (tertiary alicyclic amines) is 1. The smallest absolute Gasteiger partial charge is 0.227 e. The molecule has 0 aliphatic carbocycles. The maximum absolute atomic E-state index is 14.8. The lowest BCUT2D eigenvalue weighted by Crippen LogP contribution is -2.44. The number of aliphatic imine (C=N–C) groups is 1. The molecule has 4 aromatic rings. The molecule has 1 saturated heterocycles. The van der Waals surface area contributed by atoms with Crippen LogP contribution in [0.1, 0.15) is 42.5 Å². The van der Waals surface area contributed by atoms with Crippen molar-refractivity contribution < 1.29 is 8.78 Å². The Morgan fingerprint density at radius 1 is 1.00 bits per heavy atom. The molecule has 3 heterocycles. The number of benzene rings is 3. The Morgan fingerprint density at radius 3 is 2.37 bits per heavy atom. The topological polar surface area (TPSA) is 80.5 Å². The molecule has 222 valence electrons. The van der Waals surface area contributed by atoms with Crippen molar-refractivity contribution in [2.45, 2.75) is 32.9 Å². The molecule has 0 amide bonds. The average Bonchev–Trinajstić information content (AvgIpc) is 3.14. The summed E-state index contributed by atoms with van der Waals surface area (Å²) in [5.74, 6) is -0.511. The maximum atomic E-state index is 14.8. The first-order valence-electron chi connectivity index (χ1n) is 13.8. The maximum Gasteiger partial charge on any atom is 0.227 e. The number of halogens is 3. The highest BCUT2D eigenvalue weighted by Gasteiger charge is 2.26. The molecule has 0 spiro atoms. The Morgan fingerprint density at radius 2 is 1.70 bits per heavy atom. The van der Waals surface area contributed by atoms with Crippen LogP contribution in [-0.2, 0) is 6.54 Å². The second-order valence-electron chi connectivity index (χ2n) is 10.8. The van der Waals surface area contributed by atoms with Crippen LogP contribution >= 0.6 is 11.6 Å². The first-order chi connectivity index (χ1) is 20.3. The molecule has 7 nitrogen and oxygen atoms in total. The minimum Gasteiger partial charge on any atom is -0.356 e. The molecule has 0 atom stereocenters. The molecule has 1 fully saturated rings. The summed E-state index contributed by atoms with van der Waals surface area (Å²) in [6, 6.07) is 17.1. The third kappa shape index (κ3) is 6.14. The Bertz CT molecular complexity index is 1660. The van der Waals surface area contributed by atoms with Crippen LogP contribution in [-0.4, -0.2) is 64.5 Å². The number of hydrogen-bond donors (Lipinski definition) is 2. The molecule has 10 heteroatoms. The van der Waals surface area contributed by atoms with Gasteiger partial charge >= 0.3 is 0 Å². The molecule has 0 saturated carbocycles. The van der Waals surface area contributed by atoms with Crippen LogP contribution in [0.3, 0.4) is 0 Å². The van der Waals surface area contributed by atoms with Gasteiger partial charge in [0.25, 0.3) is 0 Å². The number of fused-ring (bicyclic) bond motifs is 3. The van der Waals surface area contributed by atoms with Crippen LogP contribution < -0.4 is 5.32 Å². The van der Waals surface area contributed by atoms with E-state index in [1.807, 2.05) is 24.3 Å². The SMILES string of the molecule is C.CN(C)C1CCN(C(=N)c2ccc(Nc3ncc4c(n3)-c3ccc(Cl)cc3C(c3c(F)cccc3F)=NC4)cc2)CC1. The predicted octanol–water partition coefficient (Wildman–Crippen LogP) is 7.16. The first-order valence-corrected chi connectivity index (χ1v) is 14.2. The van der Waals surface area contributed by atoms with Crippen LogP contribution in [0.2, 0.25) is 5.02 Å². The molecule has 43 heavy (non-hydrogen) atoms. The second kappa shape index (κ2) is 12.6. The standard InChI is InChI=1S/C32H30ClF2N7.CH4/c1-41(2)23-12-14-42(15-13-23)31(36)19-6-9-22(10-7-19)39-32-38-18-20-17-37-30(28-26(34)4-3-5-27(28)35)25-16-21(33)8-11-24(25)29(20)40-32;/h3-11,16,18,23,36H,12-15,17H2,1-2H3,(H,38,39,40);1H4. The molecular formula is C33H34ClF2N7. The van der Waals surface area contributed by atoms with Crippen molar-refractivity contribution in [2.24, 2.45) is 4.99 Å². The van der Waals surface area contributed by atoms with E-state index < -0.39 is 11.6 Å². The Labute approximate surface area is 255 Å². The quantitative estimate of drug-likeness (QED) is 0.187. The zero-order valence-electron chi connectivity index (χ0n) is 23.3. The number of piperidine rings is 1. The molecule has 0 bridgehead atoms. The number of hydrogen-bond acceptors (Lipinski definition) is 6. The molecule has 3 aromatic carbocycles. The summed E-state index contributed by atoms with van der Waals surface area (Å²) in [4.78, 5) is 18.2. The van der Waals surface area contributed by atoms with Gasteiger partial charge in [-0.05, 0) is 75.5 Å². The molecule has 2 N–H and O–H groups in total. The first kappa shape index (κ1) is 30.3. The van der Waals surface area contributed by atoms with Crippen LogP contribution in [0, 0.1) is 17.0 Å². The van der Waals surface area contributed by atoms with Gasteiger partial charge in [-0.2, -0.15) is 0 Å². The summed E-state index contributed by atoms with van der Waals surface area (Å²) in [5.41, 5.74) is 4.07. The number of rotatable bonds is 5.